The van der Waals surface area contributed by atoms with E-state index in [0.717, 1.165) is 15.8 Å². The maximum absolute atomic E-state index is 8.77. The highest BCUT2D eigenvalue weighted by Gasteiger charge is 2.11. The summed E-state index contributed by atoms with van der Waals surface area (Å²) in [7, 11) is 0. The third kappa shape index (κ3) is 2.67. The monoisotopic (exact) mass is 307 g/mol. The van der Waals surface area contributed by atoms with Crippen molar-refractivity contribution in [1.82, 2.24) is 9.97 Å². The minimum Gasteiger partial charge on any atom is -0.261 e. The molecule has 0 atom stereocenters. The van der Waals surface area contributed by atoms with Gasteiger partial charge in [0.25, 0.3) is 0 Å². The first-order valence-electron chi connectivity index (χ1n) is 6.69. The normalized spacial score (nSPS) is 11.0. The highest BCUT2D eigenvalue weighted by atomic mass is 32.1. The number of aryl methyl sites for hydroxylation is 2. The second kappa shape index (κ2) is 5.92. The van der Waals surface area contributed by atoms with E-state index >= 15 is 0 Å². The Morgan fingerprint density at radius 2 is 2.00 bits per heavy atom. The summed E-state index contributed by atoms with van der Waals surface area (Å²) in [5.41, 5.74) is 5.70. The fourth-order valence-electron chi connectivity index (χ4n) is 2.08. The molecule has 3 aromatic rings. The fourth-order valence-corrected chi connectivity index (χ4v) is 3.08. The van der Waals surface area contributed by atoms with Crippen LogP contribution in [0.1, 0.15) is 21.6 Å². The molecule has 3 rings (SSSR count). The molecule has 0 saturated carbocycles. The average molecular weight is 307 g/mol. The molecule has 1 aromatic carbocycles. The van der Waals surface area contributed by atoms with Crippen LogP contribution < -0.4 is 5.43 Å². The minimum absolute atomic E-state index is 0.631. The van der Waals surface area contributed by atoms with Crippen molar-refractivity contribution in [3.05, 3.63) is 52.2 Å². The van der Waals surface area contributed by atoms with Gasteiger partial charge in [0.15, 0.2) is 5.82 Å². The van der Waals surface area contributed by atoms with Crippen LogP contribution in [-0.2, 0) is 0 Å². The Hall–Kier alpha value is -2.78. The molecule has 2 heterocycles. The van der Waals surface area contributed by atoms with Gasteiger partial charge >= 0.3 is 0 Å². The molecule has 0 aliphatic heterocycles. The van der Waals surface area contributed by atoms with Crippen LogP contribution in [0.4, 0.5) is 5.82 Å². The van der Waals surface area contributed by atoms with Gasteiger partial charge in [-0.3, -0.25) is 5.43 Å². The number of nitrogens with zero attached hydrogens (tertiary/aromatic N) is 4. The van der Waals surface area contributed by atoms with Crippen molar-refractivity contribution in [2.75, 3.05) is 5.43 Å². The van der Waals surface area contributed by atoms with E-state index < -0.39 is 0 Å². The minimum atomic E-state index is 0.631. The molecule has 108 valence electrons. The van der Waals surface area contributed by atoms with E-state index in [-0.39, 0.29) is 0 Å². The molecule has 22 heavy (non-hydrogen) atoms. The topological polar surface area (TPSA) is 74.0 Å². The predicted octanol–water partition coefficient (Wildman–Crippen LogP) is 3.63. The molecule has 2 aromatic heterocycles. The fraction of sp³-hybridized carbons (Fsp3) is 0.125. The van der Waals surface area contributed by atoms with Crippen LogP contribution in [0.3, 0.4) is 0 Å². The maximum atomic E-state index is 8.77. The molecule has 0 aliphatic carbocycles. The molecular weight excluding hydrogens is 294 g/mol. The van der Waals surface area contributed by atoms with Crippen molar-refractivity contribution < 1.29 is 0 Å². The first-order valence-corrected chi connectivity index (χ1v) is 7.50. The molecule has 1 N–H and O–H groups in total. The molecule has 5 nitrogen and oxygen atoms in total. The number of hydrogen-bond donors (Lipinski definition) is 1. The van der Waals surface area contributed by atoms with Crippen molar-refractivity contribution in [3.63, 3.8) is 0 Å². The summed E-state index contributed by atoms with van der Waals surface area (Å²) >= 11 is 1.65. The molecule has 0 bridgehead atoms. The number of thiophene rings is 1. The molecule has 6 heteroatoms. The number of hydrogen-bond acceptors (Lipinski definition) is 6. The van der Waals surface area contributed by atoms with E-state index in [1.165, 1.54) is 16.8 Å². The maximum Gasteiger partial charge on any atom is 0.158 e. The van der Waals surface area contributed by atoms with Crippen LogP contribution in [-0.4, -0.2) is 16.2 Å². The lowest BCUT2D eigenvalue weighted by Gasteiger charge is -2.01. The van der Waals surface area contributed by atoms with Crippen LogP contribution in [0.15, 0.2) is 35.7 Å². The predicted molar refractivity (Wildman–Crippen MR) is 89.3 cm³/mol. The number of fused-ring (bicyclic) bond motifs is 1. The Morgan fingerprint density at radius 3 is 2.73 bits per heavy atom. The van der Waals surface area contributed by atoms with E-state index in [1.54, 1.807) is 29.7 Å². The molecular formula is C16H13N5S. The van der Waals surface area contributed by atoms with Crippen LogP contribution in [0, 0.1) is 25.2 Å². The molecule has 0 spiro atoms. The molecule has 0 aliphatic rings. The van der Waals surface area contributed by atoms with Crippen LogP contribution in [0.5, 0.6) is 0 Å². The molecule has 0 unspecified atom stereocenters. The van der Waals surface area contributed by atoms with Crippen molar-refractivity contribution in [2.45, 2.75) is 13.8 Å². The molecule has 0 saturated heterocycles. The van der Waals surface area contributed by atoms with Crippen LogP contribution in [0.2, 0.25) is 0 Å². The SMILES string of the molecule is Cc1sc2ncnc(N/N=C/c3ccc(C#N)cc3)c2c1C. The lowest BCUT2D eigenvalue weighted by molar-refractivity contribution is 1.19. The van der Waals surface area contributed by atoms with Gasteiger partial charge in [0.2, 0.25) is 0 Å². The first kappa shape index (κ1) is 14.2. The van der Waals surface area contributed by atoms with Gasteiger partial charge < -0.3 is 0 Å². The summed E-state index contributed by atoms with van der Waals surface area (Å²) in [5.74, 6) is 0.705. The molecule has 0 radical (unpaired) electrons. The Morgan fingerprint density at radius 1 is 1.23 bits per heavy atom. The second-order valence-corrected chi connectivity index (χ2v) is 5.99. The Kier molecular flexibility index (Phi) is 3.81. The van der Waals surface area contributed by atoms with E-state index in [9.17, 15) is 0 Å². The highest BCUT2D eigenvalue weighted by Crippen LogP contribution is 2.32. The number of anilines is 1. The summed E-state index contributed by atoms with van der Waals surface area (Å²) in [6, 6.07) is 9.30. The van der Waals surface area contributed by atoms with Crippen molar-refractivity contribution >= 4 is 33.6 Å². The summed E-state index contributed by atoms with van der Waals surface area (Å²) in [4.78, 5) is 10.8. The lowest BCUT2D eigenvalue weighted by atomic mass is 10.2. The summed E-state index contributed by atoms with van der Waals surface area (Å²) in [6.45, 7) is 4.14. The highest BCUT2D eigenvalue weighted by molar-refractivity contribution is 7.18. The van der Waals surface area contributed by atoms with Gasteiger partial charge in [-0.05, 0) is 37.1 Å². The van der Waals surface area contributed by atoms with Crippen molar-refractivity contribution in [1.29, 1.82) is 5.26 Å². The lowest BCUT2D eigenvalue weighted by Crippen LogP contribution is -1.95. The zero-order valence-electron chi connectivity index (χ0n) is 12.2. The number of nitriles is 1. The van der Waals surface area contributed by atoms with E-state index in [4.69, 9.17) is 5.26 Å². The standard InChI is InChI=1S/C16H13N5S/c1-10-11(2)22-16-14(10)15(18-9-19-16)21-20-8-13-5-3-12(7-17)4-6-13/h3-6,8-9H,1-2H3,(H,18,19,21)/b20-8+. The van der Waals surface area contributed by atoms with Crippen molar-refractivity contribution in [2.24, 2.45) is 5.10 Å². The summed E-state index contributed by atoms with van der Waals surface area (Å²) < 4.78 is 0. The Balaban J connectivity index is 1.84. The van der Waals surface area contributed by atoms with Gasteiger partial charge in [0.05, 0.1) is 23.2 Å². The summed E-state index contributed by atoms with van der Waals surface area (Å²) in [6.07, 6.45) is 3.24. The number of rotatable bonds is 3. The van der Waals surface area contributed by atoms with Crippen LogP contribution in [0.25, 0.3) is 10.2 Å². The first-order chi connectivity index (χ1) is 10.7. The number of aromatic nitrogens is 2. The molecule has 0 amide bonds. The average Bonchev–Trinajstić information content (AvgIpc) is 2.84. The summed E-state index contributed by atoms with van der Waals surface area (Å²) in [5, 5.41) is 14.0. The molecule has 0 fully saturated rings. The third-order valence-electron chi connectivity index (χ3n) is 3.39. The Bertz CT molecular complexity index is 887. The second-order valence-electron chi connectivity index (χ2n) is 4.79. The van der Waals surface area contributed by atoms with Crippen molar-refractivity contribution in [3.8, 4) is 6.07 Å². The third-order valence-corrected chi connectivity index (χ3v) is 4.50. The van der Waals surface area contributed by atoms with E-state index in [2.05, 4.69) is 40.4 Å². The van der Waals surface area contributed by atoms with Gasteiger partial charge in [-0.25, -0.2) is 9.97 Å². The van der Waals surface area contributed by atoms with Gasteiger partial charge in [0, 0.05) is 4.88 Å². The van der Waals surface area contributed by atoms with Crippen LogP contribution >= 0.6 is 11.3 Å². The number of hydrazone groups is 1. The van der Waals surface area contributed by atoms with Gasteiger partial charge in [0.1, 0.15) is 11.2 Å². The largest absolute Gasteiger partial charge is 0.261 e. The zero-order valence-corrected chi connectivity index (χ0v) is 13.0. The van der Waals surface area contributed by atoms with E-state index in [1.807, 2.05) is 12.1 Å². The Labute approximate surface area is 132 Å². The van der Waals surface area contributed by atoms with Gasteiger partial charge in [-0.2, -0.15) is 10.4 Å². The van der Waals surface area contributed by atoms with E-state index in [0.29, 0.717) is 11.4 Å². The van der Waals surface area contributed by atoms with Gasteiger partial charge in [-0.15, -0.1) is 11.3 Å². The number of nitrogens with one attached hydrogen (secondary N) is 1. The zero-order chi connectivity index (χ0) is 15.5. The van der Waals surface area contributed by atoms with Gasteiger partial charge in [-0.1, -0.05) is 12.1 Å². The quantitative estimate of drug-likeness (QED) is 0.592. The number of benzene rings is 1. The smallest absolute Gasteiger partial charge is 0.158 e.